The number of hydrogen-bond donors (Lipinski definition) is 1. The summed E-state index contributed by atoms with van der Waals surface area (Å²) < 4.78 is 0. The smallest absolute Gasteiger partial charge is 0.320 e. The van der Waals surface area contributed by atoms with E-state index in [1.165, 1.54) is 0 Å². The number of rotatable bonds is 3. The van der Waals surface area contributed by atoms with E-state index in [-0.39, 0.29) is 6.04 Å². The summed E-state index contributed by atoms with van der Waals surface area (Å²) >= 11 is 0. The summed E-state index contributed by atoms with van der Waals surface area (Å²) in [6.45, 7) is 1.41. The van der Waals surface area contributed by atoms with Crippen LogP contribution in [0.4, 0.5) is 0 Å². The van der Waals surface area contributed by atoms with Crippen molar-refractivity contribution in [2.75, 3.05) is 13.1 Å². The van der Waals surface area contributed by atoms with Crippen LogP contribution >= 0.6 is 0 Å². The maximum Gasteiger partial charge on any atom is 0.320 e. The molecule has 0 amide bonds. The molecule has 0 unspecified atom stereocenters. The number of nitrogens with zero attached hydrogens (tertiary/aromatic N) is 2. The summed E-state index contributed by atoms with van der Waals surface area (Å²) in [5.41, 5.74) is 0. The van der Waals surface area contributed by atoms with Crippen LogP contribution in [0, 0.1) is 11.3 Å². The second-order valence-corrected chi connectivity index (χ2v) is 2.94. The Balaban J connectivity index is 2.42. The van der Waals surface area contributed by atoms with Crippen LogP contribution in [0.25, 0.3) is 0 Å². The normalized spacial score (nSPS) is 23.8. The van der Waals surface area contributed by atoms with Crippen LogP contribution < -0.4 is 0 Å². The largest absolute Gasteiger partial charge is 0.480 e. The molecule has 1 aliphatic rings. The lowest BCUT2D eigenvalue weighted by molar-refractivity contribution is -0.142. The number of likely N-dealkylation sites (tertiary alicyclic amines) is 1. The van der Waals surface area contributed by atoms with E-state index in [2.05, 4.69) is 0 Å². The molecular formula is C8H12N2O2. The third-order valence-corrected chi connectivity index (χ3v) is 2.16. The van der Waals surface area contributed by atoms with E-state index in [1.54, 1.807) is 0 Å². The lowest BCUT2D eigenvalue weighted by Crippen LogP contribution is -2.36. The number of carbonyl (C=O) groups is 1. The Morgan fingerprint density at radius 1 is 1.75 bits per heavy atom. The Kier molecular flexibility index (Phi) is 3.06. The zero-order chi connectivity index (χ0) is 8.97. The number of carboxylic acids is 1. The minimum Gasteiger partial charge on any atom is -0.480 e. The fraction of sp³-hybridized carbons (Fsp3) is 0.750. The van der Waals surface area contributed by atoms with E-state index >= 15 is 0 Å². The Morgan fingerprint density at radius 3 is 3.08 bits per heavy atom. The second-order valence-electron chi connectivity index (χ2n) is 2.94. The summed E-state index contributed by atoms with van der Waals surface area (Å²) in [5.74, 6) is -0.759. The topological polar surface area (TPSA) is 64.3 Å². The van der Waals surface area contributed by atoms with Gasteiger partial charge in [0.15, 0.2) is 0 Å². The third-order valence-electron chi connectivity index (χ3n) is 2.16. The Morgan fingerprint density at radius 2 is 2.50 bits per heavy atom. The molecule has 0 bridgehead atoms. The summed E-state index contributed by atoms with van der Waals surface area (Å²) in [6.07, 6.45) is 2.08. The summed E-state index contributed by atoms with van der Waals surface area (Å²) in [4.78, 5) is 12.5. The van der Waals surface area contributed by atoms with Crippen LogP contribution in [0.3, 0.4) is 0 Å². The first kappa shape index (κ1) is 9.01. The summed E-state index contributed by atoms with van der Waals surface area (Å²) in [7, 11) is 0. The van der Waals surface area contributed by atoms with Gasteiger partial charge >= 0.3 is 5.97 Å². The first-order chi connectivity index (χ1) is 5.75. The molecule has 4 heteroatoms. The monoisotopic (exact) mass is 168 g/mol. The molecule has 0 spiro atoms. The van der Waals surface area contributed by atoms with Gasteiger partial charge in [-0.2, -0.15) is 5.26 Å². The minimum atomic E-state index is -0.759. The highest BCUT2D eigenvalue weighted by Gasteiger charge is 2.29. The highest BCUT2D eigenvalue weighted by molar-refractivity contribution is 5.73. The van der Waals surface area contributed by atoms with Gasteiger partial charge < -0.3 is 5.11 Å². The van der Waals surface area contributed by atoms with Crippen molar-refractivity contribution in [1.82, 2.24) is 4.90 Å². The average molecular weight is 168 g/mol. The molecular weight excluding hydrogens is 156 g/mol. The molecule has 1 fully saturated rings. The molecule has 4 nitrogen and oxygen atoms in total. The highest BCUT2D eigenvalue weighted by Crippen LogP contribution is 2.16. The molecule has 12 heavy (non-hydrogen) atoms. The van der Waals surface area contributed by atoms with Crippen molar-refractivity contribution < 1.29 is 9.90 Å². The molecule has 0 radical (unpaired) electrons. The van der Waals surface area contributed by atoms with Crippen LogP contribution in [0.2, 0.25) is 0 Å². The van der Waals surface area contributed by atoms with Gasteiger partial charge in [0.1, 0.15) is 6.04 Å². The van der Waals surface area contributed by atoms with Crippen LogP contribution in [-0.2, 0) is 4.79 Å². The Bertz CT molecular complexity index is 210. The minimum absolute atomic E-state index is 0.349. The Labute approximate surface area is 71.4 Å². The maximum atomic E-state index is 10.7. The van der Waals surface area contributed by atoms with Gasteiger partial charge in [0.25, 0.3) is 0 Å². The van der Waals surface area contributed by atoms with Gasteiger partial charge in [-0.25, -0.2) is 0 Å². The van der Waals surface area contributed by atoms with Gasteiger partial charge in [-0.1, -0.05) is 0 Å². The van der Waals surface area contributed by atoms with E-state index in [4.69, 9.17) is 10.4 Å². The van der Waals surface area contributed by atoms with Gasteiger partial charge in [0, 0.05) is 13.0 Å². The van der Waals surface area contributed by atoms with Crippen molar-refractivity contribution in [3.05, 3.63) is 0 Å². The first-order valence-electron chi connectivity index (χ1n) is 4.09. The first-order valence-corrected chi connectivity index (χ1v) is 4.09. The van der Waals surface area contributed by atoms with E-state index in [1.807, 2.05) is 11.0 Å². The lowest BCUT2D eigenvalue weighted by atomic mass is 10.2. The maximum absolute atomic E-state index is 10.7. The lowest BCUT2D eigenvalue weighted by Gasteiger charge is -2.18. The molecule has 0 aromatic heterocycles. The molecule has 1 rings (SSSR count). The van der Waals surface area contributed by atoms with Crippen LogP contribution in [0.5, 0.6) is 0 Å². The summed E-state index contributed by atoms with van der Waals surface area (Å²) in [6, 6.07) is 1.67. The van der Waals surface area contributed by atoms with Gasteiger partial charge in [0.05, 0.1) is 6.07 Å². The van der Waals surface area contributed by atoms with Crippen molar-refractivity contribution in [3.63, 3.8) is 0 Å². The quantitative estimate of drug-likeness (QED) is 0.664. The van der Waals surface area contributed by atoms with Crippen molar-refractivity contribution in [1.29, 1.82) is 5.26 Å². The molecule has 66 valence electrons. The van der Waals surface area contributed by atoms with Gasteiger partial charge in [-0.05, 0) is 19.4 Å². The third kappa shape index (κ3) is 1.95. The van der Waals surface area contributed by atoms with Gasteiger partial charge in [-0.15, -0.1) is 0 Å². The SMILES string of the molecule is N#CCCN1CCC[C@@H]1C(=O)O. The number of carboxylic acid groups (broad SMARTS) is 1. The van der Waals surface area contributed by atoms with Gasteiger partial charge in [0.2, 0.25) is 0 Å². The van der Waals surface area contributed by atoms with E-state index in [9.17, 15) is 4.79 Å². The van der Waals surface area contributed by atoms with Crippen molar-refractivity contribution in [2.45, 2.75) is 25.3 Å². The zero-order valence-corrected chi connectivity index (χ0v) is 6.86. The summed E-state index contributed by atoms with van der Waals surface area (Å²) in [5, 5.41) is 17.1. The molecule has 1 N–H and O–H groups in total. The molecule has 1 aliphatic heterocycles. The number of aliphatic carboxylic acids is 1. The van der Waals surface area contributed by atoms with Crippen molar-refractivity contribution in [2.24, 2.45) is 0 Å². The van der Waals surface area contributed by atoms with Crippen LogP contribution in [-0.4, -0.2) is 35.1 Å². The fourth-order valence-corrected chi connectivity index (χ4v) is 1.57. The predicted octanol–water partition coefficient (Wildman–Crippen LogP) is 0.449. The molecule has 0 saturated carbocycles. The van der Waals surface area contributed by atoms with Crippen LogP contribution in [0.1, 0.15) is 19.3 Å². The van der Waals surface area contributed by atoms with E-state index in [0.29, 0.717) is 13.0 Å². The average Bonchev–Trinajstić information content (AvgIpc) is 2.48. The molecule has 0 aliphatic carbocycles. The number of hydrogen-bond acceptors (Lipinski definition) is 3. The highest BCUT2D eigenvalue weighted by atomic mass is 16.4. The fourth-order valence-electron chi connectivity index (χ4n) is 1.57. The molecule has 1 heterocycles. The van der Waals surface area contributed by atoms with E-state index < -0.39 is 5.97 Å². The molecule has 0 aromatic rings. The second kappa shape index (κ2) is 4.07. The Hall–Kier alpha value is -1.08. The standard InChI is InChI=1S/C8H12N2O2/c9-4-2-6-10-5-1-3-7(10)8(11)12/h7H,1-3,5-6H2,(H,11,12)/t7-/m1/s1. The number of nitriles is 1. The van der Waals surface area contributed by atoms with Gasteiger partial charge in [-0.3, -0.25) is 9.69 Å². The molecule has 1 saturated heterocycles. The van der Waals surface area contributed by atoms with E-state index in [0.717, 1.165) is 19.4 Å². The zero-order valence-electron chi connectivity index (χ0n) is 6.86. The predicted molar refractivity (Wildman–Crippen MR) is 42.5 cm³/mol. The van der Waals surface area contributed by atoms with Crippen LogP contribution in [0.15, 0.2) is 0 Å². The molecule has 0 aromatic carbocycles. The van der Waals surface area contributed by atoms with Crippen molar-refractivity contribution in [3.8, 4) is 6.07 Å². The molecule has 1 atom stereocenters. The van der Waals surface area contributed by atoms with Crippen molar-refractivity contribution >= 4 is 5.97 Å².